The quantitative estimate of drug-likeness (QED) is 0.269. The summed E-state index contributed by atoms with van der Waals surface area (Å²) in [5.74, 6) is 0. The number of pyridine rings is 1. The van der Waals surface area contributed by atoms with E-state index in [2.05, 4.69) is 15.0 Å². The van der Waals surface area contributed by atoms with Gasteiger partial charge in [-0.05, 0) is 12.0 Å². The van der Waals surface area contributed by atoms with E-state index in [9.17, 15) is 20.3 Å². The Bertz CT molecular complexity index is 519. The van der Waals surface area contributed by atoms with Crippen LogP contribution in [0.3, 0.4) is 0 Å². The van der Waals surface area contributed by atoms with E-state index in [1.165, 1.54) is 0 Å². The molecule has 102 valence electrons. The minimum absolute atomic E-state index is 0.00968. The average molecular weight is 288 g/mol. The van der Waals surface area contributed by atoms with Crippen molar-refractivity contribution in [1.82, 2.24) is 4.98 Å². The minimum Gasteiger partial charge on any atom is -0.390 e. The van der Waals surface area contributed by atoms with Gasteiger partial charge in [0, 0.05) is 23.2 Å². The molecule has 2 N–H and O–H groups in total. The number of halogens is 1. The van der Waals surface area contributed by atoms with Crippen molar-refractivity contribution in [2.75, 3.05) is 6.54 Å². The SMILES string of the molecule is [N-]=[N+]=NCCC(O)C(O)c1cncc([N+](=O)[O-])c1Cl. The molecule has 2 unspecified atom stereocenters. The fourth-order valence-electron chi connectivity index (χ4n) is 1.38. The van der Waals surface area contributed by atoms with Crippen molar-refractivity contribution in [2.24, 2.45) is 5.11 Å². The zero-order valence-corrected chi connectivity index (χ0v) is 10.3. The second kappa shape index (κ2) is 6.86. The first-order chi connectivity index (χ1) is 8.99. The van der Waals surface area contributed by atoms with Crippen molar-refractivity contribution in [1.29, 1.82) is 0 Å². The molecule has 10 heteroatoms. The monoisotopic (exact) mass is 287 g/mol. The molecular formula is C9H10ClN5O4. The maximum Gasteiger partial charge on any atom is 0.306 e. The molecule has 0 radical (unpaired) electrons. The van der Waals surface area contributed by atoms with Crippen molar-refractivity contribution in [3.05, 3.63) is 43.5 Å². The fraction of sp³-hybridized carbons (Fsp3) is 0.444. The Balaban J connectivity index is 2.93. The van der Waals surface area contributed by atoms with E-state index in [0.717, 1.165) is 12.4 Å². The number of aliphatic hydroxyl groups is 2. The second-order valence-corrected chi connectivity index (χ2v) is 3.95. The number of nitro groups is 1. The average Bonchev–Trinajstić information content (AvgIpc) is 2.38. The number of aliphatic hydroxyl groups excluding tert-OH is 2. The molecule has 0 aliphatic rings. The molecule has 0 aliphatic carbocycles. The van der Waals surface area contributed by atoms with Crippen LogP contribution in [-0.2, 0) is 0 Å². The second-order valence-electron chi connectivity index (χ2n) is 3.57. The molecule has 0 fully saturated rings. The van der Waals surface area contributed by atoms with Crippen LogP contribution >= 0.6 is 11.6 Å². The Morgan fingerprint density at radius 1 is 1.58 bits per heavy atom. The van der Waals surface area contributed by atoms with Gasteiger partial charge in [-0.25, -0.2) is 0 Å². The van der Waals surface area contributed by atoms with E-state index < -0.39 is 22.8 Å². The summed E-state index contributed by atoms with van der Waals surface area (Å²) in [6, 6.07) is 0. The van der Waals surface area contributed by atoms with Gasteiger partial charge in [-0.2, -0.15) is 0 Å². The zero-order chi connectivity index (χ0) is 14.4. The van der Waals surface area contributed by atoms with Crippen LogP contribution in [-0.4, -0.2) is 32.8 Å². The van der Waals surface area contributed by atoms with Crippen molar-refractivity contribution in [3.63, 3.8) is 0 Å². The lowest BCUT2D eigenvalue weighted by Gasteiger charge is -2.17. The molecule has 1 aromatic heterocycles. The highest BCUT2D eigenvalue weighted by Crippen LogP contribution is 2.32. The van der Waals surface area contributed by atoms with Crippen LogP contribution < -0.4 is 0 Å². The Kier molecular flexibility index (Phi) is 5.46. The van der Waals surface area contributed by atoms with Crippen molar-refractivity contribution >= 4 is 17.3 Å². The summed E-state index contributed by atoms with van der Waals surface area (Å²) in [5.41, 5.74) is 7.58. The summed E-state index contributed by atoms with van der Waals surface area (Å²) in [5, 5.41) is 33.1. The van der Waals surface area contributed by atoms with Gasteiger partial charge < -0.3 is 10.2 Å². The summed E-state index contributed by atoms with van der Waals surface area (Å²) >= 11 is 5.77. The first-order valence-corrected chi connectivity index (χ1v) is 5.51. The topological polar surface area (TPSA) is 145 Å². The largest absolute Gasteiger partial charge is 0.390 e. The maximum absolute atomic E-state index is 10.7. The lowest BCUT2D eigenvalue weighted by Crippen LogP contribution is -2.20. The standard InChI is InChI=1S/C9H10ClN5O4/c10-8-5(3-12-4-6(8)15(18)19)9(17)7(16)1-2-13-14-11/h3-4,7,9,16-17H,1-2H2. The predicted octanol–water partition coefficient (Wildman–Crippen LogP) is 1.74. The third-order valence-corrected chi connectivity index (χ3v) is 2.77. The lowest BCUT2D eigenvalue weighted by atomic mass is 10.0. The number of nitrogens with zero attached hydrogens (tertiary/aromatic N) is 5. The first-order valence-electron chi connectivity index (χ1n) is 5.13. The molecule has 0 aromatic carbocycles. The molecule has 1 heterocycles. The van der Waals surface area contributed by atoms with Gasteiger partial charge in [-0.15, -0.1) is 0 Å². The zero-order valence-electron chi connectivity index (χ0n) is 9.55. The number of hydrogen-bond donors (Lipinski definition) is 2. The van der Waals surface area contributed by atoms with Gasteiger partial charge in [0.2, 0.25) is 0 Å². The van der Waals surface area contributed by atoms with Crippen LogP contribution in [0.2, 0.25) is 5.02 Å². The smallest absolute Gasteiger partial charge is 0.306 e. The highest BCUT2D eigenvalue weighted by molar-refractivity contribution is 6.33. The van der Waals surface area contributed by atoms with Gasteiger partial charge in [0.25, 0.3) is 0 Å². The summed E-state index contributed by atoms with van der Waals surface area (Å²) in [7, 11) is 0. The van der Waals surface area contributed by atoms with Gasteiger partial charge in [0.15, 0.2) is 0 Å². The maximum atomic E-state index is 10.7. The molecule has 0 bridgehead atoms. The molecule has 19 heavy (non-hydrogen) atoms. The highest BCUT2D eigenvalue weighted by Gasteiger charge is 2.25. The summed E-state index contributed by atoms with van der Waals surface area (Å²) in [6.07, 6.45) is -0.646. The third-order valence-electron chi connectivity index (χ3n) is 2.36. The minimum atomic E-state index is -1.45. The Morgan fingerprint density at radius 2 is 2.26 bits per heavy atom. The molecule has 0 amide bonds. The highest BCUT2D eigenvalue weighted by atomic mass is 35.5. The van der Waals surface area contributed by atoms with Gasteiger partial charge in [-0.3, -0.25) is 15.1 Å². The summed E-state index contributed by atoms with van der Waals surface area (Å²) in [4.78, 5) is 16.0. The van der Waals surface area contributed by atoms with E-state index in [-0.39, 0.29) is 23.6 Å². The van der Waals surface area contributed by atoms with Crippen molar-refractivity contribution in [2.45, 2.75) is 18.6 Å². The number of azide groups is 1. The molecule has 0 saturated heterocycles. The Labute approximate surface area is 112 Å². The molecule has 1 rings (SSSR count). The van der Waals surface area contributed by atoms with Gasteiger partial charge in [0.1, 0.15) is 17.3 Å². The molecule has 9 nitrogen and oxygen atoms in total. The molecule has 0 aliphatic heterocycles. The molecular weight excluding hydrogens is 278 g/mol. The molecule has 0 saturated carbocycles. The van der Waals surface area contributed by atoms with Gasteiger partial charge in [-0.1, -0.05) is 16.7 Å². The normalized spacial score (nSPS) is 13.4. The van der Waals surface area contributed by atoms with Crippen molar-refractivity contribution in [3.8, 4) is 0 Å². The van der Waals surface area contributed by atoms with E-state index in [1.54, 1.807) is 0 Å². The molecule has 2 atom stereocenters. The fourth-order valence-corrected chi connectivity index (χ4v) is 1.66. The number of aromatic nitrogens is 1. The van der Waals surface area contributed by atoms with Gasteiger partial charge >= 0.3 is 5.69 Å². The molecule has 1 aromatic rings. The van der Waals surface area contributed by atoms with Crippen LogP contribution in [0, 0.1) is 10.1 Å². The lowest BCUT2D eigenvalue weighted by molar-refractivity contribution is -0.385. The number of rotatable bonds is 6. The summed E-state index contributed by atoms with van der Waals surface area (Å²) < 4.78 is 0. The van der Waals surface area contributed by atoms with E-state index in [1.807, 2.05) is 0 Å². The summed E-state index contributed by atoms with van der Waals surface area (Å²) in [6.45, 7) is -0.0191. The number of hydrogen-bond acceptors (Lipinski definition) is 6. The van der Waals surface area contributed by atoms with E-state index >= 15 is 0 Å². The van der Waals surface area contributed by atoms with Crippen LogP contribution in [0.25, 0.3) is 10.4 Å². The third kappa shape index (κ3) is 3.76. The van der Waals surface area contributed by atoms with Crippen LogP contribution in [0.15, 0.2) is 17.5 Å². The Hall–Kier alpha value is -1.93. The van der Waals surface area contributed by atoms with E-state index in [4.69, 9.17) is 17.1 Å². The van der Waals surface area contributed by atoms with Crippen LogP contribution in [0.5, 0.6) is 0 Å². The van der Waals surface area contributed by atoms with Crippen molar-refractivity contribution < 1.29 is 15.1 Å². The predicted molar refractivity (Wildman–Crippen MR) is 65.5 cm³/mol. The van der Waals surface area contributed by atoms with Crippen LogP contribution in [0.1, 0.15) is 18.1 Å². The Morgan fingerprint density at radius 3 is 2.84 bits per heavy atom. The van der Waals surface area contributed by atoms with Gasteiger partial charge in [0.05, 0.1) is 11.0 Å². The van der Waals surface area contributed by atoms with Crippen LogP contribution in [0.4, 0.5) is 5.69 Å². The first kappa shape index (κ1) is 15.1. The van der Waals surface area contributed by atoms with E-state index in [0.29, 0.717) is 0 Å². The molecule has 0 spiro atoms.